The van der Waals surface area contributed by atoms with Gasteiger partial charge < -0.3 is 15.4 Å². The molecule has 3 heterocycles. The van der Waals surface area contributed by atoms with E-state index in [0.29, 0.717) is 28.3 Å². The summed E-state index contributed by atoms with van der Waals surface area (Å²) in [4.78, 5) is 31.5. The summed E-state index contributed by atoms with van der Waals surface area (Å²) in [6, 6.07) is 16.5. The van der Waals surface area contributed by atoms with Crippen LogP contribution in [0.1, 0.15) is 45.8 Å². The van der Waals surface area contributed by atoms with Gasteiger partial charge in [-0.3, -0.25) is 14.3 Å². The number of carbonyl (C=O) groups excluding carboxylic acids is 2. The number of halogens is 1. The quantitative estimate of drug-likeness (QED) is 0.276. The molecule has 11 heteroatoms. The van der Waals surface area contributed by atoms with Crippen molar-refractivity contribution in [3.05, 3.63) is 94.4 Å². The lowest BCUT2D eigenvalue weighted by molar-refractivity contribution is 0.0945. The molecular formula is C29H28ClN7O3. The summed E-state index contributed by atoms with van der Waals surface area (Å²) in [6.45, 7) is 6.12. The number of anilines is 1. The molecule has 0 aliphatic carbocycles. The van der Waals surface area contributed by atoms with Gasteiger partial charge in [-0.05, 0) is 50.1 Å². The first-order valence-electron chi connectivity index (χ1n) is 12.7. The summed E-state index contributed by atoms with van der Waals surface area (Å²) in [5.41, 5.74) is 3.00. The van der Waals surface area contributed by atoms with Crippen LogP contribution in [0, 0.1) is 6.92 Å². The van der Waals surface area contributed by atoms with Crippen molar-refractivity contribution in [2.24, 2.45) is 0 Å². The molecule has 5 aromatic rings. The van der Waals surface area contributed by atoms with Crippen LogP contribution in [-0.4, -0.2) is 49.5 Å². The number of rotatable bonds is 8. The maximum atomic E-state index is 13.7. The number of hydrogen-bond acceptors (Lipinski definition) is 6. The van der Waals surface area contributed by atoms with Gasteiger partial charge in [0.2, 0.25) is 5.88 Å². The van der Waals surface area contributed by atoms with E-state index in [2.05, 4.69) is 20.7 Å². The Morgan fingerprint density at radius 3 is 2.52 bits per heavy atom. The van der Waals surface area contributed by atoms with Crippen LogP contribution in [0.5, 0.6) is 5.88 Å². The highest BCUT2D eigenvalue weighted by Gasteiger charge is 2.26. The predicted molar refractivity (Wildman–Crippen MR) is 153 cm³/mol. The second kappa shape index (κ2) is 11.2. The number of pyridine rings is 1. The number of fused-ring (bicyclic) bond motifs is 1. The number of hydrogen-bond donors (Lipinski definition) is 2. The van der Waals surface area contributed by atoms with E-state index in [1.54, 1.807) is 23.0 Å². The number of methoxy groups -OCH3 is 1. The zero-order valence-electron chi connectivity index (χ0n) is 22.5. The van der Waals surface area contributed by atoms with Crippen molar-refractivity contribution < 1.29 is 14.3 Å². The minimum Gasteiger partial charge on any atom is -0.480 e. The first-order valence-corrected chi connectivity index (χ1v) is 13.0. The molecule has 40 heavy (non-hydrogen) atoms. The minimum absolute atomic E-state index is 0.127. The Labute approximate surface area is 235 Å². The molecule has 0 radical (unpaired) electrons. The second-order valence-corrected chi connectivity index (χ2v) is 9.98. The van der Waals surface area contributed by atoms with E-state index in [4.69, 9.17) is 21.4 Å². The van der Waals surface area contributed by atoms with E-state index >= 15 is 0 Å². The van der Waals surface area contributed by atoms with Gasteiger partial charge in [0.1, 0.15) is 11.2 Å². The zero-order chi connectivity index (χ0) is 28.4. The number of aromatic nitrogens is 5. The number of benzene rings is 2. The standard InChI is InChI=1S/C29H28ClN7O3/c1-17(2)32-29(39)24-25(18(3)13-20-16-36(35-26(20)24)15-19-9-6-5-7-10-19)33-28(38)22-14-23(40-4)34-37(22)27-21(30)11-8-12-31-27/h5-14,16-17H,15H2,1-4H3,(H,32,39)(H,33,38). The fourth-order valence-corrected chi connectivity index (χ4v) is 4.62. The summed E-state index contributed by atoms with van der Waals surface area (Å²) < 4.78 is 8.38. The summed E-state index contributed by atoms with van der Waals surface area (Å²) in [5.74, 6) is -0.399. The highest BCUT2D eigenvalue weighted by atomic mass is 35.5. The molecule has 2 aromatic carbocycles. The lowest BCUT2D eigenvalue weighted by atomic mass is 10.0. The third-order valence-corrected chi connectivity index (χ3v) is 6.48. The van der Waals surface area contributed by atoms with Gasteiger partial charge in [0, 0.05) is 29.9 Å². The van der Waals surface area contributed by atoms with Crippen LogP contribution in [0.15, 0.2) is 67.0 Å². The molecule has 5 rings (SSSR count). The first-order chi connectivity index (χ1) is 19.2. The monoisotopic (exact) mass is 557 g/mol. The van der Waals surface area contributed by atoms with Crippen molar-refractivity contribution in [2.75, 3.05) is 12.4 Å². The van der Waals surface area contributed by atoms with Gasteiger partial charge >= 0.3 is 0 Å². The van der Waals surface area contributed by atoms with Crippen molar-refractivity contribution in [3.8, 4) is 11.7 Å². The van der Waals surface area contributed by atoms with Crippen LogP contribution in [0.25, 0.3) is 16.7 Å². The number of carbonyl (C=O) groups is 2. The molecule has 204 valence electrons. The minimum atomic E-state index is -0.526. The van der Waals surface area contributed by atoms with Crippen LogP contribution >= 0.6 is 11.6 Å². The third-order valence-electron chi connectivity index (χ3n) is 6.18. The fourth-order valence-electron chi connectivity index (χ4n) is 4.42. The second-order valence-electron chi connectivity index (χ2n) is 9.57. The normalized spacial score (nSPS) is 11.2. The summed E-state index contributed by atoms with van der Waals surface area (Å²) >= 11 is 6.35. The van der Waals surface area contributed by atoms with Gasteiger partial charge in [-0.25, -0.2) is 9.67 Å². The highest BCUT2D eigenvalue weighted by Crippen LogP contribution is 2.31. The smallest absolute Gasteiger partial charge is 0.274 e. The van der Waals surface area contributed by atoms with E-state index in [9.17, 15) is 9.59 Å². The number of ether oxygens (including phenoxy) is 1. The van der Waals surface area contributed by atoms with Gasteiger partial charge in [0.05, 0.1) is 29.9 Å². The van der Waals surface area contributed by atoms with Crippen LogP contribution in [0.2, 0.25) is 5.02 Å². The Morgan fingerprint density at radius 1 is 1.05 bits per heavy atom. The maximum absolute atomic E-state index is 13.7. The summed E-state index contributed by atoms with van der Waals surface area (Å²) in [6.07, 6.45) is 3.45. The van der Waals surface area contributed by atoms with Crippen molar-refractivity contribution in [1.29, 1.82) is 0 Å². The molecule has 0 aliphatic heterocycles. The van der Waals surface area contributed by atoms with Crippen LogP contribution in [0.3, 0.4) is 0 Å². The van der Waals surface area contributed by atoms with Gasteiger partial charge in [-0.15, -0.1) is 5.10 Å². The molecule has 2 amide bonds. The number of aryl methyl sites for hydroxylation is 1. The number of amides is 2. The van der Waals surface area contributed by atoms with E-state index in [0.717, 1.165) is 10.9 Å². The molecule has 0 atom stereocenters. The Kier molecular flexibility index (Phi) is 7.52. The summed E-state index contributed by atoms with van der Waals surface area (Å²) in [5, 5.41) is 16.0. The lowest BCUT2D eigenvalue weighted by Gasteiger charge is -2.16. The molecule has 0 unspecified atom stereocenters. The van der Waals surface area contributed by atoms with Crippen LogP contribution in [0.4, 0.5) is 5.69 Å². The molecule has 0 bridgehead atoms. The van der Waals surface area contributed by atoms with Crippen LogP contribution < -0.4 is 15.4 Å². The average molecular weight is 558 g/mol. The fraction of sp³-hybridized carbons (Fsp3) is 0.207. The largest absolute Gasteiger partial charge is 0.480 e. The molecule has 2 N–H and O–H groups in total. The predicted octanol–water partition coefficient (Wildman–Crippen LogP) is 5.03. The van der Waals surface area contributed by atoms with E-state index < -0.39 is 5.91 Å². The van der Waals surface area contributed by atoms with Crippen molar-refractivity contribution >= 4 is 40.0 Å². The van der Waals surface area contributed by atoms with Gasteiger partial charge in [-0.1, -0.05) is 41.9 Å². The topological polar surface area (TPSA) is 116 Å². The SMILES string of the molecule is COc1cc(C(=O)Nc2c(C)cc3cn(Cc4ccccc4)nc3c2C(=O)NC(C)C)n(-c2ncccc2Cl)n1. The molecule has 3 aromatic heterocycles. The highest BCUT2D eigenvalue weighted by molar-refractivity contribution is 6.32. The zero-order valence-corrected chi connectivity index (χ0v) is 23.2. The molecule has 0 saturated carbocycles. The Morgan fingerprint density at radius 2 is 1.82 bits per heavy atom. The Bertz CT molecular complexity index is 1710. The molecule has 0 spiro atoms. The lowest BCUT2D eigenvalue weighted by Crippen LogP contribution is -2.31. The maximum Gasteiger partial charge on any atom is 0.274 e. The van der Waals surface area contributed by atoms with Crippen molar-refractivity contribution in [3.63, 3.8) is 0 Å². The van der Waals surface area contributed by atoms with Crippen LogP contribution in [-0.2, 0) is 6.54 Å². The third kappa shape index (κ3) is 5.39. The number of nitrogens with one attached hydrogen (secondary N) is 2. The van der Waals surface area contributed by atoms with Crippen molar-refractivity contribution in [1.82, 2.24) is 29.9 Å². The molecule has 0 aliphatic rings. The average Bonchev–Trinajstić information content (AvgIpc) is 3.53. The first kappa shape index (κ1) is 26.9. The van der Waals surface area contributed by atoms with Crippen molar-refractivity contribution in [2.45, 2.75) is 33.4 Å². The van der Waals surface area contributed by atoms with E-state index in [-0.39, 0.29) is 34.9 Å². The van der Waals surface area contributed by atoms with Gasteiger partial charge in [0.25, 0.3) is 11.8 Å². The van der Waals surface area contributed by atoms with Gasteiger partial charge in [-0.2, -0.15) is 5.10 Å². The van der Waals surface area contributed by atoms with E-state index in [1.165, 1.54) is 17.9 Å². The number of nitrogens with zero attached hydrogens (tertiary/aromatic N) is 5. The molecular weight excluding hydrogens is 530 g/mol. The van der Waals surface area contributed by atoms with E-state index in [1.807, 2.05) is 63.4 Å². The molecule has 0 saturated heterocycles. The Balaban J connectivity index is 1.59. The molecule has 0 fully saturated rings. The molecule has 10 nitrogen and oxygen atoms in total. The Hall–Kier alpha value is -4.70. The summed E-state index contributed by atoms with van der Waals surface area (Å²) in [7, 11) is 1.45. The van der Waals surface area contributed by atoms with Gasteiger partial charge in [0.15, 0.2) is 5.82 Å².